The monoisotopic (exact) mass is 275 g/mol. The fourth-order valence-electron chi connectivity index (χ4n) is 2.25. The van der Waals surface area contributed by atoms with E-state index in [1.807, 2.05) is 6.92 Å². The lowest BCUT2D eigenvalue weighted by Crippen LogP contribution is -2.39. The Morgan fingerprint density at radius 1 is 1.56 bits per heavy atom. The molecular formula is C11H18FN3O2S. The van der Waals surface area contributed by atoms with Gasteiger partial charge in [-0.05, 0) is 25.7 Å². The average molecular weight is 275 g/mol. The van der Waals surface area contributed by atoms with E-state index in [1.54, 1.807) is 6.92 Å². The van der Waals surface area contributed by atoms with Crippen LogP contribution in [0.5, 0.6) is 0 Å². The Kier molecular flexibility index (Phi) is 3.72. The largest absolute Gasteiger partial charge is 0.249 e. The summed E-state index contributed by atoms with van der Waals surface area (Å²) in [7, 11) is -3.74. The predicted octanol–water partition coefficient (Wildman–Crippen LogP) is 1.46. The Morgan fingerprint density at radius 3 is 2.83 bits per heavy atom. The SMILES string of the molecule is CCn1ncc(S(=O)(=O)N2CCCC(C)C2)c1F. The second-order valence-electron chi connectivity index (χ2n) is 4.73. The van der Waals surface area contributed by atoms with E-state index >= 15 is 0 Å². The summed E-state index contributed by atoms with van der Waals surface area (Å²) < 4.78 is 40.9. The molecule has 5 nitrogen and oxygen atoms in total. The fraction of sp³-hybridized carbons (Fsp3) is 0.727. The number of halogens is 1. The molecule has 0 saturated carbocycles. The molecule has 1 aliphatic rings. The fourth-order valence-corrected chi connectivity index (χ4v) is 3.85. The lowest BCUT2D eigenvalue weighted by atomic mass is 10.0. The number of sulfonamides is 1. The van der Waals surface area contributed by atoms with Gasteiger partial charge in [0.2, 0.25) is 16.0 Å². The molecule has 1 saturated heterocycles. The molecule has 0 spiro atoms. The van der Waals surface area contributed by atoms with Crippen LogP contribution >= 0.6 is 0 Å². The summed E-state index contributed by atoms with van der Waals surface area (Å²) in [5.41, 5.74) is 0. The first-order valence-corrected chi connectivity index (χ1v) is 7.62. The number of hydrogen-bond acceptors (Lipinski definition) is 3. The van der Waals surface area contributed by atoms with E-state index in [0.717, 1.165) is 23.7 Å². The highest BCUT2D eigenvalue weighted by Gasteiger charge is 2.32. The molecule has 0 radical (unpaired) electrons. The van der Waals surface area contributed by atoms with Crippen LogP contribution in [0.2, 0.25) is 0 Å². The molecule has 1 atom stereocenters. The summed E-state index contributed by atoms with van der Waals surface area (Å²) in [5, 5.41) is 3.75. The van der Waals surface area contributed by atoms with Gasteiger partial charge in [0, 0.05) is 19.6 Å². The summed E-state index contributed by atoms with van der Waals surface area (Å²) in [6.45, 7) is 4.96. The molecule has 1 aromatic heterocycles. The molecule has 0 aromatic carbocycles. The molecule has 0 bridgehead atoms. The minimum Gasteiger partial charge on any atom is -0.239 e. The highest BCUT2D eigenvalue weighted by atomic mass is 32.2. The third kappa shape index (κ3) is 2.29. The van der Waals surface area contributed by atoms with Gasteiger partial charge >= 0.3 is 0 Å². The first kappa shape index (κ1) is 13.5. The molecular weight excluding hydrogens is 257 g/mol. The van der Waals surface area contributed by atoms with Crippen molar-refractivity contribution in [3.8, 4) is 0 Å². The minimum absolute atomic E-state index is 0.307. The van der Waals surface area contributed by atoms with E-state index in [0.29, 0.717) is 25.6 Å². The quantitative estimate of drug-likeness (QED) is 0.839. The van der Waals surface area contributed by atoms with E-state index in [4.69, 9.17) is 0 Å². The second kappa shape index (κ2) is 4.97. The maximum absolute atomic E-state index is 13.9. The molecule has 1 aliphatic heterocycles. The molecule has 1 unspecified atom stereocenters. The van der Waals surface area contributed by atoms with E-state index in [-0.39, 0.29) is 4.90 Å². The number of piperidine rings is 1. The van der Waals surface area contributed by atoms with Gasteiger partial charge in [-0.25, -0.2) is 13.1 Å². The zero-order valence-corrected chi connectivity index (χ0v) is 11.5. The number of aromatic nitrogens is 2. The number of aryl methyl sites for hydroxylation is 1. The molecule has 18 heavy (non-hydrogen) atoms. The van der Waals surface area contributed by atoms with Crippen molar-refractivity contribution in [2.45, 2.75) is 38.1 Å². The van der Waals surface area contributed by atoms with Crippen LogP contribution in [0.4, 0.5) is 4.39 Å². The van der Waals surface area contributed by atoms with Crippen LogP contribution in [0.15, 0.2) is 11.1 Å². The van der Waals surface area contributed by atoms with Gasteiger partial charge in [-0.2, -0.15) is 13.8 Å². The van der Waals surface area contributed by atoms with Crippen molar-refractivity contribution < 1.29 is 12.8 Å². The van der Waals surface area contributed by atoms with Crippen molar-refractivity contribution in [1.82, 2.24) is 14.1 Å². The van der Waals surface area contributed by atoms with E-state index < -0.39 is 16.0 Å². The van der Waals surface area contributed by atoms with Gasteiger partial charge in [-0.15, -0.1) is 0 Å². The molecule has 0 N–H and O–H groups in total. The first-order valence-electron chi connectivity index (χ1n) is 6.18. The van der Waals surface area contributed by atoms with E-state index in [1.165, 1.54) is 4.31 Å². The summed E-state index contributed by atoms with van der Waals surface area (Å²) in [4.78, 5) is -0.307. The van der Waals surface area contributed by atoms with Crippen molar-refractivity contribution in [3.05, 3.63) is 12.1 Å². The molecule has 2 heterocycles. The highest BCUT2D eigenvalue weighted by Crippen LogP contribution is 2.24. The molecule has 2 rings (SSSR count). The summed E-state index contributed by atoms with van der Waals surface area (Å²) in [6, 6.07) is 0. The summed E-state index contributed by atoms with van der Waals surface area (Å²) in [6.07, 6.45) is 2.94. The van der Waals surface area contributed by atoms with Crippen LogP contribution in [0.25, 0.3) is 0 Å². The van der Waals surface area contributed by atoms with Gasteiger partial charge in [-0.3, -0.25) is 0 Å². The van der Waals surface area contributed by atoms with Crippen molar-refractivity contribution in [1.29, 1.82) is 0 Å². The Bertz CT molecular complexity index is 526. The molecule has 0 aliphatic carbocycles. The number of nitrogens with zero attached hydrogens (tertiary/aromatic N) is 3. The molecule has 0 amide bonds. The minimum atomic E-state index is -3.74. The van der Waals surface area contributed by atoms with E-state index in [2.05, 4.69) is 5.10 Å². The molecule has 102 valence electrons. The van der Waals surface area contributed by atoms with Gasteiger partial charge in [0.05, 0.1) is 6.20 Å². The lowest BCUT2D eigenvalue weighted by Gasteiger charge is -2.29. The summed E-state index contributed by atoms with van der Waals surface area (Å²) in [5.74, 6) is -0.450. The predicted molar refractivity (Wildman–Crippen MR) is 65.0 cm³/mol. The Hall–Kier alpha value is -0.950. The standard InChI is InChI=1S/C11H18FN3O2S/c1-3-15-11(12)10(7-13-15)18(16,17)14-6-4-5-9(2)8-14/h7,9H,3-6,8H2,1-2H3. The third-order valence-corrected chi connectivity index (χ3v) is 5.12. The summed E-state index contributed by atoms with van der Waals surface area (Å²) >= 11 is 0. The lowest BCUT2D eigenvalue weighted by molar-refractivity contribution is 0.280. The third-order valence-electron chi connectivity index (χ3n) is 3.28. The average Bonchev–Trinajstić information content (AvgIpc) is 2.71. The van der Waals surface area contributed by atoms with Crippen LogP contribution in [-0.2, 0) is 16.6 Å². The van der Waals surface area contributed by atoms with Crippen molar-refractivity contribution in [2.24, 2.45) is 5.92 Å². The number of rotatable bonds is 3. The molecule has 1 aromatic rings. The zero-order chi connectivity index (χ0) is 13.3. The van der Waals surface area contributed by atoms with Crippen molar-refractivity contribution >= 4 is 10.0 Å². The van der Waals surface area contributed by atoms with Gasteiger partial charge in [0.25, 0.3) is 0 Å². The molecule has 7 heteroatoms. The highest BCUT2D eigenvalue weighted by molar-refractivity contribution is 7.89. The topological polar surface area (TPSA) is 55.2 Å². The van der Waals surface area contributed by atoms with Crippen LogP contribution in [0, 0.1) is 11.9 Å². The van der Waals surface area contributed by atoms with Crippen molar-refractivity contribution in [2.75, 3.05) is 13.1 Å². The second-order valence-corrected chi connectivity index (χ2v) is 6.63. The van der Waals surface area contributed by atoms with Crippen LogP contribution in [-0.4, -0.2) is 35.6 Å². The van der Waals surface area contributed by atoms with Gasteiger partial charge in [-0.1, -0.05) is 6.92 Å². The van der Waals surface area contributed by atoms with Crippen LogP contribution < -0.4 is 0 Å². The van der Waals surface area contributed by atoms with E-state index in [9.17, 15) is 12.8 Å². The zero-order valence-electron chi connectivity index (χ0n) is 10.6. The van der Waals surface area contributed by atoms with Gasteiger partial charge < -0.3 is 0 Å². The van der Waals surface area contributed by atoms with Crippen LogP contribution in [0.3, 0.4) is 0 Å². The van der Waals surface area contributed by atoms with Gasteiger partial charge in [0.1, 0.15) is 0 Å². The molecule has 1 fully saturated rings. The smallest absolute Gasteiger partial charge is 0.239 e. The van der Waals surface area contributed by atoms with Crippen LogP contribution in [0.1, 0.15) is 26.7 Å². The number of hydrogen-bond donors (Lipinski definition) is 0. The van der Waals surface area contributed by atoms with Gasteiger partial charge in [0.15, 0.2) is 4.90 Å². The Labute approximate surface area is 107 Å². The maximum Gasteiger partial charge on any atom is 0.249 e. The normalized spacial score (nSPS) is 22.3. The maximum atomic E-state index is 13.9. The first-order chi connectivity index (χ1) is 8.46. The van der Waals surface area contributed by atoms with Crippen molar-refractivity contribution in [3.63, 3.8) is 0 Å². The Morgan fingerprint density at radius 2 is 2.28 bits per heavy atom. The Balaban J connectivity index is 2.32.